The van der Waals surface area contributed by atoms with Gasteiger partial charge in [-0.25, -0.2) is 4.98 Å². The van der Waals surface area contributed by atoms with E-state index < -0.39 is 5.91 Å². The van der Waals surface area contributed by atoms with E-state index in [9.17, 15) is 9.90 Å². The molecule has 5 heteroatoms. The maximum atomic E-state index is 11.5. The van der Waals surface area contributed by atoms with Gasteiger partial charge in [-0.05, 0) is 47.4 Å². The van der Waals surface area contributed by atoms with Gasteiger partial charge in [0.1, 0.15) is 11.6 Å². The smallest absolute Gasteiger partial charge is 0.248 e. The van der Waals surface area contributed by atoms with E-state index in [4.69, 9.17) is 11.5 Å². The summed E-state index contributed by atoms with van der Waals surface area (Å²) in [4.78, 5) is 15.8. The van der Waals surface area contributed by atoms with E-state index in [2.05, 4.69) is 4.98 Å². The van der Waals surface area contributed by atoms with Crippen LogP contribution >= 0.6 is 0 Å². The molecule has 126 valence electrons. The van der Waals surface area contributed by atoms with Crippen LogP contribution in [0.2, 0.25) is 0 Å². The number of anilines is 1. The van der Waals surface area contributed by atoms with Crippen molar-refractivity contribution in [3.8, 4) is 28.0 Å². The Kier molecular flexibility index (Phi) is 4.39. The van der Waals surface area contributed by atoms with E-state index in [0.29, 0.717) is 11.4 Å². The standard InChI is InChI=1S/C20H19N3O2/c1-2-16-17(13-4-3-5-14(10-13)20(22)25)11-23-19(21)18(16)12-6-8-15(24)9-7-12/h3-11,24H,2H2,1H3,(H2,21,23)(H2,22,25). The molecule has 1 heterocycles. The van der Waals surface area contributed by atoms with Crippen LogP contribution < -0.4 is 11.5 Å². The van der Waals surface area contributed by atoms with Gasteiger partial charge in [0.05, 0.1) is 0 Å². The number of nitrogens with zero attached hydrogens (tertiary/aromatic N) is 1. The summed E-state index contributed by atoms with van der Waals surface area (Å²) in [6.07, 6.45) is 2.46. The quantitative estimate of drug-likeness (QED) is 0.681. The van der Waals surface area contributed by atoms with Gasteiger partial charge in [-0.1, -0.05) is 31.2 Å². The van der Waals surface area contributed by atoms with Crippen LogP contribution in [0.5, 0.6) is 5.75 Å². The molecular weight excluding hydrogens is 314 g/mol. The van der Waals surface area contributed by atoms with Crippen molar-refractivity contribution in [3.63, 3.8) is 0 Å². The number of phenolic OH excluding ortho intramolecular Hbond substituents is 1. The van der Waals surface area contributed by atoms with E-state index in [1.165, 1.54) is 0 Å². The van der Waals surface area contributed by atoms with Crippen LogP contribution in [0.15, 0.2) is 54.7 Å². The second-order valence-electron chi connectivity index (χ2n) is 5.76. The second kappa shape index (κ2) is 6.65. The highest BCUT2D eigenvalue weighted by Gasteiger charge is 2.16. The lowest BCUT2D eigenvalue weighted by Crippen LogP contribution is -2.10. The number of nitrogen functional groups attached to an aromatic ring is 1. The Hall–Kier alpha value is -3.34. The molecule has 1 aromatic heterocycles. The summed E-state index contributed by atoms with van der Waals surface area (Å²) in [7, 11) is 0. The van der Waals surface area contributed by atoms with Crippen molar-refractivity contribution >= 4 is 11.7 Å². The number of carbonyl (C=O) groups excluding carboxylic acids is 1. The van der Waals surface area contributed by atoms with Gasteiger partial charge in [-0.2, -0.15) is 0 Å². The van der Waals surface area contributed by atoms with Crippen molar-refractivity contribution < 1.29 is 9.90 Å². The lowest BCUT2D eigenvalue weighted by molar-refractivity contribution is 0.100. The van der Waals surface area contributed by atoms with Crippen LogP contribution in [0.4, 0.5) is 5.82 Å². The summed E-state index contributed by atoms with van der Waals surface area (Å²) in [5.74, 6) is 0.151. The van der Waals surface area contributed by atoms with Crippen molar-refractivity contribution in [3.05, 3.63) is 65.9 Å². The molecule has 0 aliphatic heterocycles. The summed E-state index contributed by atoms with van der Waals surface area (Å²) in [5.41, 5.74) is 16.5. The Bertz CT molecular complexity index is 934. The molecule has 5 N–H and O–H groups in total. The van der Waals surface area contributed by atoms with Gasteiger partial charge in [-0.15, -0.1) is 0 Å². The Labute approximate surface area is 145 Å². The monoisotopic (exact) mass is 333 g/mol. The van der Waals surface area contributed by atoms with Crippen molar-refractivity contribution in [2.45, 2.75) is 13.3 Å². The highest BCUT2D eigenvalue weighted by atomic mass is 16.3. The molecule has 0 saturated carbocycles. The zero-order valence-corrected chi connectivity index (χ0v) is 13.9. The van der Waals surface area contributed by atoms with Gasteiger partial charge < -0.3 is 16.6 Å². The van der Waals surface area contributed by atoms with E-state index >= 15 is 0 Å². The zero-order chi connectivity index (χ0) is 18.0. The predicted octanol–water partition coefficient (Wildman–Crippen LogP) is 3.36. The van der Waals surface area contributed by atoms with Crippen molar-refractivity contribution in [1.29, 1.82) is 0 Å². The first-order chi connectivity index (χ1) is 12.0. The van der Waals surface area contributed by atoms with E-state index in [-0.39, 0.29) is 5.75 Å². The Morgan fingerprint density at radius 1 is 1.12 bits per heavy atom. The molecule has 0 spiro atoms. The topological polar surface area (TPSA) is 102 Å². The number of aromatic nitrogens is 1. The fourth-order valence-corrected chi connectivity index (χ4v) is 2.97. The molecular formula is C20H19N3O2. The molecule has 0 atom stereocenters. The summed E-state index contributed by atoms with van der Waals surface area (Å²) in [6, 6.07) is 14.0. The SMILES string of the molecule is CCc1c(-c2cccc(C(N)=O)c2)cnc(N)c1-c1ccc(O)cc1. The van der Waals surface area contributed by atoms with Gasteiger partial charge in [0.2, 0.25) is 5.91 Å². The van der Waals surface area contributed by atoms with Crippen LogP contribution in [0.3, 0.4) is 0 Å². The van der Waals surface area contributed by atoms with Gasteiger partial charge in [-0.3, -0.25) is 4.79 Å². The number of primary amides is 1. The van der Waals surface area contributed by atoms with E-state index in [1.54, 1.807) is 36.5 Å². The second-order valence-corrected chi connectivity index (χ2v) is 5.76. The Balaban J connectivity index is 2.22. The summed E-state index contributed by atoms with van der Waals surface area (Å²) >= 11 is 0. The Morgan fingerprint density at radius 2 is 1.84 bits per heavy atom. The number of amides is 1. The molecule has 0 bridgehead atoms. The maximum Gasteiger partial charge on any atom is 0.248 e. The minimum Gasteiger partial charge on any atom is -0.508 e. The number of phenols is 1. The largest absolute Gasteiger partial charge is 0.508 e. The number of hydrogen-bond acceptors (Lipinski definition) is 4. The number of rotatable bonds is 4. The minimum atomic E-state index is -0.470. The summed E-state index contributed by atoms with van der Waals surface area (Å²) in [6.45, 7) is 2.04. The predicted molar refractivity (Wildman–Crippen MR) is 99.1 cm³/mol. The maximum absolute atomic E-state index is 11.5. The lowest BCUT2D eigenvalue weighted by atomic mass is 9.91. The fraction of sp³-hybridized carbons (Fsp3) is 0.100. The molecule has 2 aromatic carbocycles. The van der Waals surface area contributed by atoms with Gasteiger partial charge in [0.25, 0.3) is 0 Å². The molecule has 0 fully saturated rings. The average Bonchev–Trinajstić information content (AvgIpc) is 2.62. The number of nitrogens with two attached hydrogens (primary N) is 2. The third-order valence-electron chi connectivity index (χ3n) is 4.18. The van der Waals surface area contributed by atoms with Crippen LogP contribution in [0, 0.1) is 0 Å². The van der Waals surface area contributed by atoms with Gasteiger partial charge in [0.15, 0.2) is 0 Å². The van der Waals surface area contributed by atoms with E-state index in [0.717, 1.165) is 34.2 Å². The molecule has 1 amide bonds. The number of carbonyl (C=O) groups is 1. The number of hydrogen-bond donors (Lipinski definition) is 3. The molecule has 0 aliphatic carbocycles. The zero-order valence-electron chi connectivity index (χ0n) is 13.9. The summed E-state index contributed by atoms with van der Waals surface area (Å²) in [5, 5.41) is 9.52. The molecule has 5 nitrogen and oxygen atoms in total. The molecule has 0 saturated heterocycles. The molecule has 0 radical (unpaired) electrons. The first-order valence-corrected chi connectivity index (χ1v) is 7.98. The first kappa shape index (κ1) is 16.5. The Morgan fingerprint density at radius 3 is 2.48 bits per heavy atom. The third kappa shape index (κ3) is 3.17. The molecule has 0 aliphatic rings. The normalized spacial score (nSPS) is 10.6. The van der Waals surface area contributed by atoms with Crippen molar-refractivity contribution in [1.82, 2.24) is 4.98 Å². The number of pyridine rings is 1. The fourth-order valence-electron chi connectivity index (χ4n) is 2.97. The average molecular weight is 333 g/mol. The first-order valence-electron chi connectivity index (χ1n) is 7.98. The number of benzene rings is 2. The molecule has 3 rings (SSSR count). The van der Waals surface area contributed by atoms with Crippen molar-refractivity contribution in [2.24, 2.45) is 5.73 Å². The molecule has 3 aromatic rings. The molecule has 0 unspecified atom stereocenters. The van der Waals surface area contributed by atoms with E-state index in [1.807, 2.05) is 25.1 Å². The highest BCUT2D eigenvalue weighted by Crippen LogP contribution is 2.36. The number of aromatic hydroxyl groups is 1. The highest BCUT2D eigenvalue weighted by molar-refractivity contribution is 5.94. The van der Waals surface area contributed by atoms with Crippen LogP contribution in [0.25, 0.3) is 22.3 Å². The third-order valence-corrected chi connectivity index (χ3v) is 4.18. The van der Waals surface area contributed by atoms with Crippen LogP contribution in [-0.4, -0.2) is 16.0 Å². The molecule has 25 heavy (non-hydrogen) atoms. The lowest BCUT2D eigenvalue weighted by Gasteiger charge is -2.16. The summed E-state index contributed by atoms with van der Waals surface area (Å²) < 4.78 is 0. The van der Waals surface area contributed by atoms with Crippen molar-refractivity contribution in [2.75, 3.05) is 5.73 Å². The van der Waals surface area contributed by atoms with Gasteiger partial charge >= 0.3 is 0 Å². The van der Waals surface area contributed by atoms with Crippen LogP contribution in [0.1, 0.15) is 22.8 Å². The van der Waals surface area contributed by atoms with Gasteiger partial charge in [0, 0.05) is 22.9 Å². The van der Waals surface area contributed by atoms with Crippen LogP contribution in [-0.2, 0) is 6.42 Å². The minimum absolute atomic E-state index is 0.193.